The summed E-state index contributed by atoms with van der Waals surface area (Å²) >= 11 is 0. The molecule has 0 aliphatic carbocycles. The molecular weight excluding hydrogens is 352 g/mol. The van der Waals surface area contributed by atoms with E-state index >= 15 is 0 Å². The van der Waals surface area contributed by atoms with Crippen LogP contribution in [0.2, 0.25) is 0 Å². The number of amides is 1. The van der Waals surface area contributed by atoms with Crippen LogP contribution in [0.3, 0.4) is 0 Å². The van der Waals surface area contributed by atoms with Gasteiger partial charge >= 0.3 is 0 Å². The molecule has 7 nitrogen and oxygen atoms in total. The Hall–Kier alpha value is -2.80. The number of likely N-dealkylation sites (N-methyl/N-ethyl adjacent to an activating group) is 1. The van der Waals surface area contributed by atoms with Crippen LogP contribution in [0.15, 0.2) is 42.6 Å². The second kappa shape index (κ2) is 9.41. The molecule has 1 fully saturated rings. The summed E-state index contributed by atoms with van der Waals surface area (Å²) in [5, 5.41) is 3.23. The van der Waals surface area contributed by atoms with Crippen molar-refractivity contribution in [1.29, 1.82) is 0 Å². The Bertz CT molecular complexity index is 821. The zero-order valence-electron chi connectivity index (χ0n) is 16.8. The van der Waals surface area contributed by atoms with E-state index in [1.54, 1.807) is 12.3 Å². The third kappa shape index (κ3) is 5.36. The van der Waals surface area contributed by atoms with Crippen LogP contribution in [0.25, 0.3) is 0 Å². The number of anilines is 2. The highest BCUT2D eigenvalue weighted by atomic mass is 16.2. The summed E-state index contributed by atoms with van der Waals surface area (Å²) in [5.41, 5.74) is 0.865. The van der Waals surface area contributed by atoms with Crippen molar-refractivity contribution in [2.45, 2.75) is 32.2 Å². The van der Waals surface area contributed by atoms with Crippen molar-refractivity contribution in [2.75, 3.05) is 32.5 Å². The normalized spacial score (nSPS) is 17.3. The molecule has 28 heavy (non-hydrogen) atoms. The standard InChI is InChI=1S/C21H28N6O/c1-16-15-19(24-18-10-4-6-12-22-18)25-21(23-16)17-9-5-7-14-27(17)20(28)11-8-13-26(2)3/h4,6,8,10-12,15,17H,5,7,9,13-14H2,1-3H3,(H,22,23,24,25)/b11-8+/t17-/m0/s1. The fourth-order valence-corrected chi connectivity index (χ4v) is 3.30. The number of likely N-dealkylation sites (tertiary alicyclic amines) is 1. The molecule has 148 valence electrons. The van der Waals surface area contributed by atoms with E-state index in [9.17, 15) is 4.79 Å². The maximum atomic E-state index is 12.8. The number of aromatic nitrogens is 3. The highest BCUT2D eigenvalue weighted by Gasteiger charge is 2.29. The molecule has 0 radical (unpaired) electrons. The van der Waals surface area contributed by atoms with Crippen LogP contribution >= 0.6 is 0 Å². The Morgan fingerprint density at radius 3 is 2.89 bits per heavy atom. The molecule has 2 aromatic heterocycles. The van der Waals surface area contributed by atoms with Gasteiger partial charge in [0.05, 0.1) is 6.04 Å². The van der Waals surface area contributed by atoms with E-state index < -0.39 is 0 Å². The molecule has 1 aliphatic heterocycles. The quantitative estimate of drug-likeness (QED) is 0.776. The smallest absolute Gasteiger partial charge is 0.246 e. The van der Waals surface area contributed by atoms with E-state index in [0.29, 0.717) is 11.6 Å². The first kappa shape index (κ1) is 19.9. The van der Waals surface area contributed by atoms with E-state index in [1.165, 1.54) is 0 Å². The minimum Gasteiger partial charge on any atom is -0.329 e. The van der Waals surface area contributed by atoms with Crippen molar-refractivity contribution < 1.29 is 4.79 Å². The summed E-state index contributed by atoms with van der Waals surface area (Å²) in [7, 11) is 3.96. The Labute approximate surface area is 166 Å². The molecule has 1 atom stereocenters. The predicted octanol–water partition coefficient (Wildman–Crippen LogP) is 3.10. The molecule has 3 rings (SSSR count). The van der Waals surface area contributed by atoms with Gasteiger partial charge in [-0.3, -0.25) is 4.79 Å². The summed E-state index contributed by atoms with van der Waals surface area (Å²) in [5.74, 6) is 2.14. The highest BCUT2D eigenvalue weighted by molar-refractivity contribution is 5.88. The number of hydrogen-bond donors (Lipinski definition) is 1. The summed E-state index contributed by atoms with van der Waals surface area (Å²) in [6.07, 6.45) is 8.25. The van der Waals surface area contributed by atoms with Gasteiger partial charge in [0.25, 0.3) is 0 Å². The summed E-state index contributed by atoms with van der Waals surface area (Å²) in [6.45, 7) is 3.42. The van der Waals surface area contributed by atoms with Crippen molar-refractivity contribution in [3.63, 3.8) is 0 Å². The zero-order valence-corrected chi connectivity index (χ0v) is 16.8. The maximum absolute atomic E-state index is 12.8. The van der Waals surface area contributed by atoms with Crippen LogP contribution in [0.5, 0.6) is 0 Å². The van der Waals surface area contributed by atoms with E-state index in [4.69, 9.17) is 4.98 Å². The molecule has 1 N–H and O–H groups in total. The summed E-state index contributed by atoms with van der Waals surface area (Å²) < 4.78 is 0. The maximum Gasteiger partial charge on any atom is 0.246 e. The first-order chi connectivity index (χ1) is 13.5. The number of carbonyl (C=O) groups is 1. The number of nitrogens with zero attached hydrogens (tertiary/aromatic N) is 5. The van der Waals surface area contributed by atoms with Crippen molar-refractivity contribution in [3.05, 3.63) is 54.1 Å². The van der Waals surface area contributed by atoms with E-state index in [2.05, 4.69) is 15.3 Å². The topological polar surface area (TPSA) is 74.2 Å². The van der Waals surface area contributed by atoms with Gasteiger partial charge < -0.3 is 15.1 Å². The largest absolute Gasteiger partial charge is 0.329 e. The van der Waals surface area contributed by atoms with E-state index in [1.807, 2.05) is 61.2 Å². The van der Waals surface area contributed by atoms with Crippen LogP contribution < -0.4 is 5.32 Å². The minimum absolute atomic E-state index is 0.0240. The molecule has 0 spiro atoms. The first-order valence-corrected chi connectivity index (χ1v) is 9.68. The third-order valence-corrected chi connectivity index (χ3v) is 4.61. The van der Waals surface area contributed by atoms with Gasteiger partial charge in [-0.05, 0) is 52.4 Å². The Morgan fingerprint density at radius 1 is 1.29 bits per heavy atom. The number of piperidine rings is 1. The van der Waals surface area contributed by atoms with Gasteiger partial charge in [0.1, 0.15) is 11.6 Å². The molecule has 0 aromatic carbocycles. The van der Waals surface area contributed by atoms with Crippen LogP contribution in [0.4, 0.5) is 11.6 Å². The fourth-order valence-electron chi connectivity index (χ4n) is 3.30. The number of pyridine rings is 1. The minimum atomic E-state index is -0.102. The Morgan fingerprint density at radius 2 is 2.14 bits per heavy atom. The lowest BCUT2D eigenvalue weighted by Crippen LogP contribution is -2.38. The number of carbonyl (C=O) groups excluding carboxylic acids is 1. The van der Waals surface area contributed by atoms with Gasteiger partial charge in [-0.25, -0.2) is 15.0 Å². The van der Waals surface area contributed by atoms with E-state index in [0.717, 1.165) is 43.9 Å². The van der Waals surface area contributed by atoms with Crippen LogP contribution in [0.1, 0.15) is 36.8 Å². The van der Waals surface area contributed by atoms with E-state index in [-0.39, 0.29) is 11.9 Å². The molecular formula is C21H28N6O. The monoisotopic (exact) mass is 380 g/mol. The summed E-state index contributed by atoms with van der Waals surface area (Å²) in [4.78, 5) is 30.3. The molecule has 1 saturated heterocycles. The molecule has 1 amide bonds. The Kier molecular flexibility index (Phi) is 6.71. The number of aryl methyl sites for hydroxylation is 1. The van der Waals surface area contributed by atoms with Gasteiger partial charge in [0.15, 0.2) is 5.82 Å². The average Bonchev–Trinajstić information content (AvgIpc) is 2.68. The van der Waals surface area contributed by atoms with Crippen molar-refractivity contribution in [3.8, 4) is 0 Å². The second-order valence-electron chi connectivity index (χ2n) is 7.30. The second-order valence-corrected chi connectivity index (χ2v) is 7.30. The lowest BCUT2D eigenvalue weighted by molar-refractivity contribution is -0.129. The van der Waals surface area contributed by atoms with Crippen molar-refractivity contribution in [2.24, 2.45) is 0 Å². The van der Waals surface area contributed by atoms with Crippen LogP contribution in [0, 0.1) is 6.92 Å². The molecule has 0 unspecified atom stereocenters. The predicted molar refractivity (Wildman–Crippen MR) is 110 cm³/mol. The number of hydrogen-bond acceptors (Lipinski definition) is 6. The van der Waals surface area contributed by atoms with Gasteiger partial charge in [0, 0.05) is 37.1 Å². The molecule has 1 aliphatic rings. The lowest BCUT2D eigenvalue weighted by atomic mass is 10.0. The molecule has 7 heteroatoms. The van der Waals surface area contributed by atoms with Gasteiger partial charge in [-0.15, -0.1) is 0 Å². The highest BCUT2D eigenvalue weighted by Crippen LogP contribution is 2.30. The number of rotatable bonds is 6. The van der Waals surface area contributed by atoms with Crippen molar-refractivity contribution in [1.82, 2.24) is 24.8 Å². The van der Waals surface area contributed by atoms with Gasteiger partial charge in [0.2, 0.25) is 5.91 Å². The molecule has 3 heterocycles. The van der Waals surface area contributed by atoms with Crippen LogP contribution in [-0.4, -0.2) is 57.8 Å². The average molecular weight is 380 g/mol. The fraction of sp³-hybridized carbons (Fsp3) is 0.429. The molecule has 0 bridgehead atoms. The first-order valence-electron chi connectivity index (χ1n) is 9.68. The Balaban J connectivity index is 1.81. The SMILES string of the molecule is Cc1cc(Nc2ccccn2)nc([C@@H]2CCCCN2C(=O)/C=C/CN(C)C)n1. The third-order valence-electron chi connectivity index (χ3n) is 4.61. The van der Waals surface area contributed by atoms with Gasteiger partial charge in [-0.2, -0.15) is 0 Å². The van der Waals surface area contributed by atoms with Crippen molar-refractivity contribution >= 4 is 17.5 Å². The lowest BCUT2D eigenvalue weighted by Gasteiger charge is -2.34. The summed E-state index contributed by atoms with van der Waals surface area (Å²) in [6, 6.07) is 7.48. The molecule has 2 aromatic rings. The van der Waals surface area contributed by atoms with Crippen LogP contribution in [-0.2, 0) is 4.79 Å². The number of nitrogens with one attached hydrogen (secondary N) is 1. The zero-order chi connectivity index (χ0) is 19.9. The molecule has 0 saturated carbocycles. The van der Waals surface area contributed by atoms with Gasteiger partial charge in [-0.1, -0.05) is 12.1 Å².